The number of ether oxygens (including phenoxy) is 2. The van der Waals surface area contributed by atoms with Gasteiger partial charge in [0.2, 0.25) is 0 Å². The van der Waals surface area contributed by atoms with Crippen LogP contribution in [-0.2, 0) is 13.2 Å². The highest BCUT2D eigenvalue weighted by Crippen LogP contribution is 2.42. The predicted molar refractivity (Wildman–Crippen MR) is 143 cm³/mol. The van der Waals surface area contributed by atoms with E-state index >= 15 is 0 Å². The van der Waals surface area contributed by atoms with Gasteiger partial charge in [0.25, 0.3) is 5.91 Å². The summed E-state index contributed by atoms with van der Waals surface area (Å²) in [5.74, 6) is 1.25. The van der Waals surface area contributed by atoms with Gasteiger partial charge in [-0.2, -0.15) is 0 Å². The van der Waals surface area contributed by atoms with Crippen LogP contribution in [-0.4, -0.2) is 33.9 Å². The van der Waals surface area contributed by atoms with Crippen LogP contribution in [0.25, 0.3) is 21.2 Å². The zero-order valence-corrected chi connectivity index (χ0v) is 21.3. The average Bonchev–Trinajstić information content (AvgIpc) is 3.48. The summed E-state index contributed by atoms with van der Waals surface area (Å²) in [6.45, 7) is 3.50. The molecule has 0 atom stereocenters. The van der Waals surface area contributed by atoms with Crippen LogP contribution < -0.4 is 9.47 Å². The molecule has 36 heavy (non-hydrogen) atoms. The molecule has 8 heteroatoms. The normalized spacial score (nSPS) is 13.2. The number of rotatable bonds is 5. The molecule has 0 aliphatic carbocycles. The van der Waals surface area contributed by atoms with E-state index < -0.39 is 0 Å². The fourth-order valence-corrected chi connectivity index (χ4v) is 5.94. The Morgan fingerprint density at radius 2 is 2.00 bits per heavy atom. The van der Waals surface area contributed by atoms with Gasteiger partial charge >= 0.3 is 0 Å². The van der Waals surface area contributed by atoms with Gasteiger partial charge in [-0.05, 0) is 48.2 Å². The van der Waals surface area contributed by atoms with Crippen LogP contribution in [0.1, 0.15) is 26.8 Å². The molecule has 0 unspecified atom stereocenters. The van der Waals surface area contributed by atoms with Crippen LogP contribution in [0.2, 0.25) is 0 Å². The Kier molecular flexibility index (Phi) is 6.13. The van der Waals surface area contributed by atoms with E-state index in [0.717, 1.165) is 27.4 Å². The van der Waals surface area contributed by atoms with Crippen molar-refractivity contribution in [2.75, 3.05) is 13.2 Å². The van der Waals surface area contributed by atoms with Crippen LogP contribution in [0.15, 0.2) is 71.6 Å². The number of fused-ring (bicyclic) bond motifs is 2. The molecular formula is C28H23N3O3S2. The number of nitrogens with zero attached hydrogens (tertiary/aromatic N) is 3. The predicted octanol–water partition coefficient (Wildman–Crippen LogP) is 6.34. The van der Waals surface area contributed by atoms with E-state index in [1.54, 1.807) is 22.4 Å². The highest BCUT2D eigenvalue weighted by atomic mass is 32.1. The first-order chi connectivity index (χ1) is 17.7. The molecule has 0 fully saturated rings. The minimum absolute atomic E-state index is 0.0851. The molecule has 4 heterocycles. The van der Waals surface area contributed by atoms with Gasteiger partial charge in [0.15, 0.2) is 11.5 Å². The Balaban J connectivity index is 1.41. The highest BCUT2D eigenvalue weighted by Gasteiger charge is 2.26. The standard InChI is InChI=1S/C28H23N3O3S2/c1-18-30-24(17-35-18)28(32)31-10-11-33-27-20(14-31)12-19(23-16-36-26-8-3-2-7-22(23)26)13-25(27)34-15-21-6-4-5-9-29-21/h2-9,12-13,16-17H,10-11,14-15H2,1H3. The lowest BCUT2D eigenvalue weighted by molar-refractivity contribution is 0.0727. The number of thiazole rings is 1. The van der Waals surface area contributed by atoms with E-state index in [9.17, 15) is 4.79 Å². The molecule has 0 N–H and O–H groups in total. The molecule has 0 radical (unpaired) electrons. The van der Waals surface area contributed by atoms with E-state index in [1.807, 2.05) is 36.6 Å². The van der Waals surface area contributed by atoms with Crippen molar-refractivity contribution in [3.8, 4) is 22.6 Å². The van der Waals surface area contributed by atoms with Crippen molar-refractivity contribution >= 4 is 38.7 Å². The van der Waals surface area contributed by atoms with Crippen LogP contribution in [0.3, 0.4) is 0 Å². The number of benzene rings is 2. The van der Waals surface area contributed by atoms with Gasteiger partial charge in [0.1, 0.15) is 18.9 Å². The van der Waals surface area contributed by atoms with Crippen molar-refractivity contribution in [2.24, 2.45) is 0 Å². The first-order valence-corrected chi connectivity index (χ1v) is 13.4. The number of pyridine rings is 1. The number of amides is 1. The van der Waals surface area contributed by atoms with Crippen molar-refractivity contribution in [2.45, 2.75) is 20.1 Å². The van der Waals surface area contributed by atoms with E-state index in [2.05, 4.69) is 45.7 Å². The molecule has 0 bridgehead atoms. The van der Waals surface area contributed by atoms with Crippen LogP contribution in [0.5, 0.6) is 11.5 Å². The monoisotopic (exact) mass is 513 g/mol. The minimum Gasteiger partial charge on any atom is -0.487 e. The summed E-state index contributed by atoms with van der Waals surface area (Å²) < 4.78 is 13.7. The molecule has 1 amide bonds. The molecule has 0 saturated carbocycles. The van der Waals surface area contributed by atoms with Gasteiger partial charge < -0.3 is 14.4 Å². The molecule has 0 saturated heterocycles. The molecule has 5 aromatic rings. The maximum Gasteiger partial charge on any atom is 0.273 e. The van der Waals surface area contributed by atoms with E-state index in [-0.39, 0.29) is 5.91 Å². The summed E-state index contributed by atoms with van der Waals surface area (Å²) >= 11 is 3.20. The zero-order valence-electron chi connectivity index (χ0n) is 19.6. The van der Waals surface area contributed by atoms with Crippen LogP contribution >= 0.6 is 22.7 Å². The zero-order chi connectivity index (χ0) is 24.5. The van der Waals surface area contributed by atoms with Crippen molar-refractivity contribution in [3.05, 3.63) is 93.5 Å². The number of hydrogen-bond acceptors (Lipinski definition) is 7. The molecule has 0 spiro atoms. The number of thiophene rings is 1. The van der Waals surface area contributed by atoms with Gasteiger partial charge in [-0.15, -0.1) is 22.7 Å². The number of carbonyl (C=O) groups excluding carboxylic acids is 1. The topological polar surface area (TPSA) is 64.6 Å². The fraction of sp³-hybridized carbons (Fsp3) is 0.179. The van der Waals surface area contributed by atoms with Crippen molar-refractivity contribution in [1.82, 2.24) is 14.9 Å². The van der Waals surface area contributed by atoms with Crippen LogP contribution in [0.4, 0.5) is 0 Å². The summed E-state index contributed by atoms with van der Waals surface area (Å²) in [7, 11) is 0. The Labute approximate surface area is 216 Å². The lowest BCUT2D eigenvalue weighted by Gasteiger charge is -2.19. The minimum atomic E-state index is -0.0851. The lowest BCUT2D eigenvalue weighted by atomic mass is 10.0. The number of aryl methyl sites for hydroxylation is 1. The second-order valence-electron chi connectivity index (χ2n) is 8.54. The maximum atomic E-state index is 13.2. The third-order valence-corrected chi connectivity index (χ3v) is 7.86. The smallest absolute Gasteiger partial charge is 0.273 e. The largest absolute Gasteiger partial charge is 0.487 e. The second kappa shape index (κ2) is 9.72. The Morgan fingerprint density at radius 3 is 2.83 bits per heavy atom. The summed E-state index contributed by atoms with van der Waals surface area (Å²) in [5.41, 5.74) is 4.40. The fourth-order valence-electron chi connectivity index (χ4n) is 4.38. The Morgan fingerprint density at radius 1 is 1.11 bits per heavy atom. The van der Waals surface area contributed by atoms with Crippen molar-refractivity contribution < 1.29 is 14.3 Å². The molecular weight excluding hydrogens is 490 g/mol. The molecule has 6 rings (SSSR count). The molecule has 6 nitrogen and oxygen atoms in total. The molecule has 2 aromatic carbocycles. The number of hydrogen-bond donors (Lipinski definition) is 0. The highest BCUT2D eigenvalue weighted by molar-refractivity contribution is 7.17. The van der Waals surface area contributed by atoms with Crippen LogP contribution in [0, 0.1) is 6.92 Å². The third kappa shape index (κ3) is 4.45. The van der Waals surface area contributed by atoms with Crippen molar-refractivity contribution in [1.29, 1.82) is 0 Å². The second-order valence-corrected chi connectivity index (χ2v) is 10.5. The molecule has 180 valence electrons. The molecule has 1 aliphatic rings. The Bertz CT molecular complexity index is 1540. The Hall–Kier alpha value is -3.75. The first-order valence-electron chi connectivity index (χ1n) is 11.7. The van der Waals surface area contributed by atoms with Gasteiger partial charge in [0.05, 0.1) is 17.2 Å². The molecule has 1 aliphatic heterocycles. The van der Waals surface area contributed by atoms with Gasteiger partial charge in [-0.25, -0.2) is 4.98 Å². The first kappa shape index (κ1) is 22.7. The average molecular weight is 514 g/mol. The summed E-state index contributed by atoms with van der Waals surface area (Å²) in [6.07, 6.45) is 1.76. The van der Waals surface area contributed by atoms with Gasteiger partial charge in [-0.1, -0.05) is 24.3 Å². The van der Waals surface area contributed by atoms with Gasteiger partial charge in [0, 0.05) is 39.3 Å². The maximum absolute atomic E-state index is 13.2. The number of aromatic nitrogens is 2. The summed E-state index contributed by atoms with van der Waals surface area (Å²) in [4.78, 5) is 23.8. The quantitative estimate of drug-likeness (QED) is 0.274. The van der Waals surface area contributed by atoms with Gasteiger partial charge in [-0.3, -0.25) is 9.78 Å². The summed E-state index contributed by atoms with van der Waals surface area (Å²) in [6, 6.07) is 18.3. The third-order valence-electron chi connectivity index (χ3n) is 6.12. The lowest BCUT2D eigenvalue weighted by Crippen LogP contribution is -2.32. The SMILES string of the molecule is Cc1nc(C(=O)N2CCOc3c(cc(-c4csc5ccccc45)cc3OCc3ccccn3)C2)cs1. The van der Waals surface area contributed by atoms with E-state index in [1.165, 1.54) is 21.4 Å². The van der Waals surface area contributed by atoms with Crippen molar-refractivity contribution in [3.63, 3.8) is 0 Å². The van der Waals surface area contributed by atoms with E-state index in [4.69, 9.17) is 9.47 Å². The van der Waals surface area contributed by atoms with E-state index in [0.29, 0.717) is 43.5 Å². The summed E-state index contributed by atoms with van der Waals surface area (Å²) in [5, 5.41) is 6.06. The molecule has 3 aromatic heterocycles. The number of carbonyl (C=O) groups is 1.